The summed E-state index contributed by atoms with van der Waals surface area (Å²) in [6.45, 7) is 11.0. The molecule has 2 rings (SSSR count). The van der Waals surface area contributed by atoms with Crippen LogP contribution in [0.3, 0.4) is 0 Å². The maximum absolute atomic E-state index is 12.4. The van der Waals surface area contributed by atoms with Gasteiger partial charge in [-0.1, -0.05) is 26.8 Å². The summed E-state index contributed by atoms with van der Waals surface area (Å²) in [5.74, 6) is 0.723. The zero-order chi connectivity index (χ0) is 17.3. The minimum absolute atomic E-state index is 0.0924. The maximum atomic E-state index is 12.4. The van der Waals surface area contributed by atoms with E-state index in [0.29, 0.717) is 15.9 Å². The summed E-state index contributed by atoms with van der Waals surface area (Å²) in [6.07, 6.45) is 0. The van der Waals surface area contributed by atoms with E-state index in [4.69, 9.17) is 4.43 Å². The van der Waals surface area contributed by atoms with Crippen molar-refractivity contribution in [3.8, 4) is 5.75 Å². The van der Waals surface area contributed by atoms with E-state index >= 15 is 0 Å². The lowest BCUT2D eigenvalue weighted by Crippen LogP contribution is -2.43. The van der Waals surface area contributed by atoms with Crippen LogP contribution in [0.25, 0.3) is 0 Å². The van der Waals surface area contributed by atoms with Crippen LogP contribution in [0.4, 0.5) is 0 Å². The molecule has 0 aliphatic heterocycles. The molecule has 2 aromatic rings. The van der Waals surface area contributed by atoms with E-state index in [-0.39, 0.29) is 10.8 Å². The Bertz CT molecular complexity index is 706. The number of hydrogen-bond donors (Lipinski definition) is 0. The first-order chi connectivity index (χ1) is 10.6. The van der Waals surface area contributed by atoms with Crippen LogP contribution in [0.2, 0.25) is 18.1 Å². The highest BCUT2D eigenvalue weighted by Gasteiger charge is 2.38. The Morgan fingerprint density at radius 3 is 2.22 bits per heavy atom. The summed E-state index contributed by atoms with van der Waals surface area (Å²) in [6, 6.07) is 12.7. The van der Waals surface area contributed by atoms with Crippen LogP contribution >= 0.6 is 15.9 Å². The van der Waals surface area contributed by atoms with Gasteiger partial charge in [0.25, 0.3) is 0 Å². The molecule has 0 N–H and O–H groups in total. The van der Waals surface area contributed by atoms with Gasteiger partial charge in [0, 0.05) is 5.56 Å². The van der Waals surface area contributed by atoms with Crippen LogP contribution in [0.5, 0.6) is 5.75 Å². The first kappa shape index (κ1) is 17.9. The molecule has 1 aromatic heterocycles. The van der Waals surface area contributed by atoms with E-state index in [2.05, 4.69) is 54.8 Å². The highest BCUT2D eigenvalue weighted by atomic mass is 79.9. The molecule has 122 valence electrons. The van der Waals surface area contributed by atoms with Crippen molar-refractivity contribution in [2.45, 2.75) is 38.9 Å². The second kappa shape index (κ2) is 6.57. The van der Waals surface area contributed by atoms with Gasteiger partial charge in [0.2, 0.25) is 14.1 Å². The molecule has 0 saturated heterocycles. The molecule has 0 amide bonds. The average molecular weight is 392 g/mol. The monoisotopic (exact) mass is 391 g/mol. The van der Waals surface area contributed by atoms with Gasteiger partial charge in [-0.15, -0.1) is 0 Å². The molecule has 23 heavy (non-hydrogen) atoms. The topological polar surface area (TPSA) is 39.2 Å². The first-order valence-electron chi connectivity index (χ1n) is 7.56. The molecule has 0 fully saturated rings. The third-order valence-corrected chi connectivity index (χ3v) is 9.04. The summed E-state index contributed by atoms with van der Waals surface area (Å²) in [7, 11) is -1.87. The van der Waals surface area contributed by atoms with Crippen molar-refractivity contribution < 1.29 is 9.22 Å². The maximum Gasteiger partial charge on any atom is 0.250 e. The van der Waals surface area contributed by atoms with Gasteiger partial charge in [-0.25, -0.2) is 4.98 Å². The van der Waals surface area contributed by atoms with Gasteiger partial charge < -0.3 is 4.43 Å². The third-order valence-electron chi connectivity index (χ3n) is 4.24. The predicted molar refractivity (Wildman–Crippen MR) is 99.6 cm³/mol. The first-order valence-corrected chi connectivity index (χ1v) is 11.3. The Labute approximate surface area is 147 Å². The summed E-state index contributed by atoms with van der Waals surface area (Å²) in [5.41, 5.74) is 1.04. The standard InChI is InChI=1S/C18H22BrNO2Si/c1-18(2,3)23(4,5)22-14-11-9-13(10-12-14)17(21)15-7-6-8-16(19)20-15/h6-12H,1-5H3. The minimum Gasteiger partial charge on any atom is -0.544 e. The molecule has 0 spiro atoms. The van der Waals surface area contributed by atoms with Crippen molar-refractivity contribution in [2.75, 3.05) is 0 Å². The molecule has 0 bridgehead atoms. The van der Waals surface area contributed by atoms with Crippen LogP contribution in [0.1, 0.15) is 36.8 Å². The average Bonchev–Trinajstić information content (AvgIpc) is 2.46. The molecule has 0 atom stereocenters. The van der Waals surface area contributed by atoms with Crippen LogP contribution in [0.15, 0.2) is 47.1 Å². The van der Waals surface area contributed by atoms with Crippen LogP contribution in [-0.2, 0) is 0 Å². The zero-order valence-corrected chi connectivity index (χ0v) is 16.8. The van der Waals surface area contributed by atoms with E-state index in [1.807, 2.05) is 12.1 Å². The molecule has 1 heterocycles. The molecule has 0 radical (unpaired) electrons. The molecule has 1 aromatic carbocycles. The fourth-order valence-electron chi connectivity index (χ4n) is 1.80. The van der Waals surface area contributed by atoms with Crippen LogP contribution in [-0.4, -0.2) is 19.1 Å². The Morgan fingerprint density at radius 2 is 1.70 bits per heavy atom. The SMILES string of the molecule is CC(C)(C)[Si](C)(C)Oc1ccc(C(=O)c2cccc(Br)n2)cc1. The summed E-state index contributed by atoms with van der Waals surface area (Å²) in [4.78, 5) is 16.6. The Balaban J connectivity index is 2.18. The number of rotatable bonds is 4. The normalized spacial score (nSPS) is 12.1. The van der Waals surface area contributed by atoms with Crippen molar-refractivity contribution in [1.29, 1.82) is 0 Å². The molecule has 0 aliphatic rings. The van der Waals surface area contributed by atoms with Crippen LogP contribution < -0.4 is 4.43 Å². The third kappa shape index (κ3) is 4.29. The number of nitrogens with zero attached hydrogens (tertiary/aromatic N) is 1. The van der Waals surface area contributed by atoms with E-state index in [0.717, 1.165) is 5.75 Å². The smallest absolute Gasteiger partial charge is 0.250 e. The van der Waals surface area contributed by atoms with Gasteiger partial charge in [-0.2, -0.15) is 0 Å². The molecule has 0 unspecified atom stereocenters. The number of ketones is 1. The number of halogens is 1. The number of aromatic nitrogens is 1. The summed E-state index contributed by atoms with van der Waals surface area (Å²) in [5, 5.41) is 0.141. The summed E-state index contributed by atoms with van der Waals surface area (Å²) < 4.78 is 6.88. The van der Waals surface area contributed by atoms with Gasteiger partial charge in [0.1, 0.15) is 16.0 Å². The second-order valence-corrected chi connectivity index (χ2v) is 12.6. The summed E-state index contributed by atoms with van der Waals surface area (Å²) >= 11 is 3.29. The number of pyridine rings is 1. The lowest BCUT2D eigenvalue weighted by Gasteiger charge is -2.36. The van der Waals surface area contributed by atoms with Gasteiger partial charge in [-0.05, 0) is 70.5 Å². The number of carbonyl (C=O) groups excluding carboxylic acids is 1. The van der Waals surface area contributed by atoms with Gasteiger partial charge >= 0.3 is 0 Å². The van der Waals surface area contributed by atoms with E-state index < -0.39 is 8.32 Å². The zero-order valence-electron chi connectivity index (χ0n) is 14.2. The molecular formula is C18H22BrNO2Si. The van der Waals surface area contributed by atoms with Crippen molar-refractivity contribution >= 4 is 30.0 Å². The molecule has 0 saturated carbocycles. The highest BCUT2D eigenvalue weighted by molar-refractivity contribution is 9.10. The molecule has 3 nitrogen and oxygen atoms in total. The molecule has 5 heteroatoms. The van der Waals surface area contributed by atoms with Crippen molar-refractivity contribution in [3.05, 3.63) is 58.3 Å². The fraction of sp³-hybridized carbons (Fsp3) is 0.333. The van der Waals surface area contributed by atoms with Gasteiger partial charge in [0.05, 0.1) is 0 Å². The highest BCUT2D eigenvalue weighted by Crippen LogP contribution is 2.37. The van der Waals surface area contributed by atoms with Gasteiger partial charge in [-0.3, -0.25) is 4.79 Å². The van der Waals surface area contributed by atoms with E-state index in [1.165, 1.54) is 0 Å². The lowest BCUT2D eigenvalue weighted by atomic mass is 10.1. The van der Waals surface area contributed by atoms with Crippen LogP contribution in [0, 0.1) is 0 Å². The molecule has 0 aliphatic carbocycles. The Morgan fingerprint density at radius 1 is 1.09 bits per heavy atom. The number of carbonyl (C=O) groups is 1. The Kier molecular flexibility index (Phi) is 5.11. The quantitative estimate of drug-likeness (QED) is 0.394. The lowest BCUT2D eigenvalue weighted by molar-refractivity contribution is 0.103. The minimum atomic E-state index is -1.87. The Hall–Kier alpha value is -1.46. The van der Waals surface area contributed by atoms with Crippen molar-refractivity contribution in [2.24, 2.45) is 0 Å². The van der Waals surface area contributed by atoms with E-state index in [1.54, 1.807) is 30.3 Å². The second-order valence-electron chi connectivity index (χ2n) is 7.06. The largest absolute Gasteiger partial charge is 0.544 e. The van der Waals surface area contributed by atoms with Crippen molar-refractivity contribution in [1.82, 2.24) is 4.98 Å². The van der Waals surface area contributed by atoms with Gasteiger partial charge in [0.15, 0.2) is 0 Å². The fourth-order valence-corrected chi connectivity index (χ4v) is 3.18. The predicted octanol–water partition coefficient (Wildman–Crippen LogP) is 5.46. The van der Waals surface area contributed by atoms with E-state index in [9.17, 15) is 4.79 Å². The number of benzene rings is 1. The van der Waals surface area contributed by atoms with Crippen molar-refractivity contribution in [3.63, 3.8) is 0 Å². The molecular weight excluding hydrogens is 370 g/mol. The number of hydrogen-bond acceptors (Lipinski definition) is 3.